The van der Waals surface area contributed by atoms with Gasteiger partial charge in [0.1, 0.15) is 11.2 Å². The van der Waals surface area contributed by atoms with Crippen LogP contribution >= 0.6 is 12.2 Å². The summed E-state index contributed by atoms with van der Waals surface area (Å²) in [5.41, 5.74) is -0.322. The molecule has 2 heterocycles. The molecular formula is C8H10N4O3S. The summed E-state index contributed by atoms with van der Waals surface area (Å²) in [6.07, 6.45) is 0. The van der Waals surface area contributed by atoms with Gasteiger partial charge in [0.2, 0.25) is 0 Å². The van der Waals surface area contributed by atoms with Gasteiger partial charge in [0.25, 0.3) is 5.56 Å². The molecule has 8 heteroatoms. The molecule has 86 valence electrons. The summed E-state index contributed by atoms with van der Waals surface area (Å²) >= 11 is 4.88. The smallest absolute Gasteiger partial charge is 0.330 e. The van der Waals surface area contributed by atoms with E-state index in [1.807, 2.05) is 0 Å². The molecule has 0 saturated heterocycles. The third-order valence-corrected chi connectivity index (χ3v) is 2.39. The molecule has 0 unspecified atom stereocenters. The Kier molecular flexibility index (Phi) is 2.75. The van der Waals surface area contributed by atoms with E-state index < -0.39 is 11.2 Å². The van der Waals surface area contributed by atoms with Gasteiger partial charge in [0.05, 0.1) is 13.2 Å². The van der Waals surface area contributed by atoms with Crippen LogP contribution in [0.5, 0.6) is 0 Å². The van der Waals surface area contributed by atoms with Crippen molar-refractivity contribution in [1.82, 2.24) is 19.5 Å². The first-order valence-corrected chi connectivity index (χ1v) is 4.98. The molecule has 0 amide bonds. The van der Waals surface area contributed by atoms with Gasteiger partial charge in [0, 0.05) is 7.11 Å². The lowest BCUT2D eigenvalue weighted by Gasteiger charge is -2.04. The van der Waals surface area contributed by atoms with E-state index in [1.165, 1.54) is 11.7 Å². The lowest BCUT2D eigenvalue weighted by molar-refractivity contribution is 0.187. The maximum atomic E-state index is 11.6. The average Bonchev–Trinajstić information content (AvgIpc) is 2.60. The molecule has 0 fully saturated rings. The largest absolute Gasteiger partial charge is 0.383 e. The van der Waals surface area contributed by atoms with Crippen LogP contribution in [0.25, 0.3) is 11.2 Å². The number of aromatic amines is 3. The van der Waals surface area contributed by atoms with Crippen LogP contribution in [0.2, 0.25) is 0 Å². The molecule has 2 rings (SSSR count). The predicted octanol–water partition coefficient (Wildman–Crippen LogP) is -0.278. The predicted molar refractivity (Wildman–Crippen MR) is 60.2 cm³/mol. The van der Waals surface area contributed by atoms with Crippen molar-refractivity contribution in [3.63, 3.8) is 0 Å². The maximum absolute atomic E-state index is 11.6. The summed E-state index contributed by atoms with van der Waals surface area (Å²) in [6.45, 7) is 0.707. The van der Waals surface area contributed by atoms with E-state index in [1.54, 1.807) is 0 Å². The van der Waals surface area contributed by atoms with Gasteiger partial charge >= 0.3 is 5.69 Å². The number of nitrogens with one attached hydrogen (secondary N) is 3. The molecule has 16 heavy (non-hydrogen) atoms. The lowest BCUT2D eigenvalue weighted by Crippen LogP contribution is -2.31. The number of nitrogens with zero attached hydrogens (tertiary/aromatic N) is 1. The molecule has 2 aromatic rings. The van der Waals surface area contributed by atoms with Crippen molar-refractivity contribution < 1.29 is 4.74 Å². The Bertz CT molecular complexity index is 677. The first kappa shape index (κ1) is 10.8. The maximum Gasteiger partial charge on any atom is 0.330 e. The van der Waals surface area contributed by atoms with E-state index in [9.17, 15) is 9.59 Å². The van der Waals surface area contributed by atoms with Gasteiger partial charge in [-0.1, -0.05) is 0 Å². The molecule has 0 radical (unpaired) electrons. The van der Waals surface area contributed by atoms with Crippen molar-refractivity contribution in [3.8, 4) is 0 Å². The minimum Gasteiger partial charge on any atom is -0.383 e. The molecule has 0 aliphatic carbocycles. The van der Waals surface area contributed by atoms with Crippen LogP contribution in [0, 0.1) is 4.77 Å². The highest BCUT2D eigenvalue weighted by atomic mass is 32.1. The molecule has 0 aliphatic heterocycles. The van der Waals surface area contributed by atoms with Gasteiger partial charge in [0.15, 0.2) is 4.77 Å². The summed E-state index contributed by atoms with van der Waals surface area (Å²) in [7, 11) is 1.53. The fourth-order valence-electron chi connectivity index (χ4n) is 1.47. The van der Waals surface area contributed by atoms with E-state index in [-0.39, 0.29) is 5.52 Å². The second-order valence-electron chi connectivity index (χ2n) is 3.21. The molecule has 0 aliphatic rings. The van der Waals surface area contributed by atoms with Crippen molar-refractivity contribution in [2.45, 2.75) is 6.54 Å². The number of aromatic nitrogens is 4. The highest BCUT2D eigenvalue weighted by Gasteiger charge is 2.08. The number of imidazole rings is 1. The van der Waals surface area contributed by atoms with E-state index >= 15 is 0 Å². The molecule has 0 spiro atoms. The Hall–Kier alpha value is -1.67. The molecular weight excluding hydrogens is 232 g/mol. The average molecular weight is 242 g/mol. The Morgan fingerprint density at radius 3 is 2.75 bits per heavy atom. The summed E-state index contributed by atoms with van der Waals surface area (Å²) < 4.78 is 6.56. The van der Waals surface area contributed by atoms with Crippen molar-refractivity contribution in [2.75, 3.05) is 13.7 Å². The van der Waals surface area contributed by atoms with Crippen LogP contribution in [0.4, 0.5) is 0 Å². The Labute approximate surface area is 94.1 Å². The van der Waals surface area contributed by atoms with Gasteiger partial charge in [-0.2, -0.15) is 0 Å². The molecule has 3 N–H and O–H groups in total. The highest BCUT2D eigenvalue weighted by molar-refractivity contribution is 7.71. The normalized spacial score (nSPS) is 11.1. The van der Waals surface area contributed by atoms with Gasteiger partial charge in [-0.25, -0.2) is 4.79 Å². The van der Waals surface area contributed by atoms with Crippen LogP contribution in [-0.4, -0.2) is 33.2 Å². The van der Waals surface area contributed by atoms with Gasteiger partial charge in [-0.05, 0) is 12.2 Å². The number of ether oxygens (including phenoxy) is 1. The fourth-order valence-corrected chi connectivity index (χ4v) is 1.66. The van der Waals surface area contributed by atoms with E-state index in [0.717, 1.165) is 0 Å². The number of hydrogen-bond acceptors (Lipinski definition) is 4. The number of hydrogen-bond donors (Lipinski definition) is 3. The Balaban J connectivity index is 2.76. The molecule has 7 nitrogen and oxygen atoms in total. The van der Waals surface area contributed by atoms with Gasteiger partial charge in [-0.3, -0.25) is 14.3 Å². The van der Waals surface area contributed by atoms with Gasteiger partial charge < -0.3 is 14.7 Å². The van der Waals surface area contributed by atoms with E-state index in [2.05, 4.69) is 15.0 Å². The summed E-state index contributed by atoms with van der Waals surface area (Å²) in [4.78, 5) is 30.6. The number of fused-ring (bicyclic) bond motifs is 1. The van der Waals surface area contributed by atoms with E-state index in [4.69, 9.17) is 17.0 Å². The first-order chi connectivity index (χ1) is 7.63. The van der Waals surface area contributed by atoms with Crippen molar-refractivity contribution in [1.29, 1.82) is 0 Å². The number of methoxy groups -OCH3 is 1. The third kappa shape index (κ3) is 1.72. The van der Waals surface area contributed by atoms with Crippen LogP contribution in [0.1, 0.15) is 0 Å². The van der Waals surface area contributed by atoms with Crippen molar-refractivity contribution in [2.24, 2.45) is 0 Å². The zero-order valence-electron chi connectivity index (χ0n) is 8.49. The second-order valence-corrected chi connectivity index (χ2v) is 3.61. The fraction of sp³-hybridized carbons (Fsp3) is 0.375. The topological polar surface area (TPSA) is 95.7 Å². The molecule has 2 aromatic heterocycles. The lowest BCUT2D eigenvalue weighted by atomic mass is 10.5. The quantitative estimate of drug-likeness (QED) is 0.645. The summed E-state index contributed by atoms with van der Waals surface area (Å²) in [5, 5.41) is 0. The number of rotatable bonds is 3. The SMILES string of the molecule is COCCn1c(=O)[nH]c(=O)c2[nH]c(=S)[nH]c21. The summed E-state index contributed by atoms with van der Waals surface area (Å²) in [5.74, 6) is 0. The molecule has 0 bridgehead atoms. The Morgan fingerprint density at radius 1 is 1.31 bits per heavy atom. The second kappa shape index (κ2) is 4.06. The van der Waals surface area contributed by atoms with Crippen LogP contribution in [-0.2, 0) is 11.3 Å². The minimum atomic E-state index is -0.486. The standard InChI is InChI=1S/C8H10N4O3S/c1-15-3-2-12-5-4(9-7(16)10-5)6(13)11-8(12)14/h2-3H2,1H3,(H2,9,10,16)(H,11,13,14). The van der Waals surface area contributed by atoms with E-state index in [0.29, 0.717) is 23.6 Å². The monoisotopic (exact) mass is 242 g/mol. The zero-order valence-corrected chi connectivity index (χ0v) is 9.31. The number of H-pyrrole nitrogens is 3. The summed E-state index contributed by atoms with van der Waals surface area (Å²) in [6, 6.07) is 0. The van der Waals surface area contributed by atoms with Crippen LogP contribution < -0.4 is 11.2 Å². The Morgan fingerprint density at radius 2 is 2.06 bits per heavy atom. The van der Waals surface area contributed by atoms with Gasteiger partial charge in [-0.15, -0.1) is 0 Å². The highest BCUT2D eigenvalue weighted by Crippen LogP contribution is 2.01. The zero-order chi connectivity index (χ0) is 11.7. The van der Waals surface area contributed by atoms with Crippen molar-refractivity contribution in [3.05, 3.63) is 25.6 Å². The minimum absolute atomic E-state index is 0.265. The molecule has 0 aromatic carbocycles. The van der Waals surface area contributed by atoms with Crippen LogP contribution in [0.3, 0.4) is 0 Å². The van der Waals surface area contributed by atoms with Crippen LogP contribution in [0.15, 0.2) is 9.59 Å². The molecule has 0 saturated carbocycles. The third-order valence-electron chi connectivity index (χ3n) is 2.19. The van der Waals surface area contributed by atoms with Crippen molar-refractivity contribution >= 4 is 23.4 Å². The molecule has 0 atom stereocenters. The first-order valence-electron chi connectivity index (χ1n) is 4.57.